The highest BCUT2D eigenvalue weighted by atomic mass is 16.4. The first-order valence-corrected chi connectivity index (χ1v) is 5.40. The molecule has 1 aromatic rings. The van der Waals surface area contributed by atoms with Crippen molar-refractivity contribution in [3.05, 3.63) is 29.8 Å². The number of rotatable bonds is 5. The summed E-state index contributed by atoms with van der Waals surface area (Å²) >= 11 is 0. The molecule has 0 spiro atoms. The second-order valence-electron chi connectivity index (χ2n) is 3.55. The lowest BCUT2D eigenvalue weighted by Gasteiger charge is -2.07. The maximum Gasteiger partial charge on any atom is 0.335 e. The van der Waals surface area contributed by atoms with Gasteiger partial charge in [-0.3, -0.25) is 0 Å². The summed E-state index contributed by atoms with van der Waals surface area (Å²) in [6.07, 6.45) is 0. The van der Waals surface area contributed by atoms with Crippen LogP contribution in [0.2, 0.25) is 0 Å². The van der Waals surface area contributed by atoms with Crippen LogP contribution in [-0.4, -0.2) is 36.2 Å². The molecule has 8 heteroatoms. The van der Waals surface area contributed by atoms with E-state index in [1.54, 1.807) is 0 Å². The molecule has 102 valence electrons. The van der Waals surface area contributed by atoms with Gasteiger partial charge in [-0.15, -0.1) is 0 Å². The molecule has 0 atom stereocenters. The lowest BCUT2D eigenvalue weighted by atomic mass is 10.2. The van der Waals surface area contributed by atoms with Gasteiger partial charge in [0, 0.05) is 18.8 Å². The number of carboxylic acids is 1. The van der Waals surface area contributed by atoms with Crippen LogP contribution in [0.15, 0.2) is 24.3 Å². The van der Waals surface area contributed by atoms with Crippen molar-refractivity contribution in [3.8, 4) is 0 Å². The zero-order valence-corrected chi connectivity index (χ0v) is 9.97. The van der Waals surface area contributed by atoms with E-state index in [0.29, 0.717) is 5.69 Å². The number of nitrogens with one attached hydrogen (secondary N) is 3. The van der Waals surface area contributed by atoms with E-state index in [-0.39, 0.29) is 18.7 Å². The average molecular weight is 266 g/mol. The summed E-state index contributed by atoms with van der Waals surface area (Å²) < 4.78 is 0. The van der Waals surface area contributed by atoms with Crippen LogP contribution < -0.4 is 21.7 Å². The fraction of sp³-hybridized carbons (Fsp3) is 0.182. The van der Waals surface area contributed by atoms with E-state index in [0.717, 1.165) is 0 Å². The third-order valence-corrected chi connectivity index (χ3v) is 2.10. The zero-order valence-electron chi connectivity index (χ0n) is 9.97. The van der Waals surface area contributed by atoms with Crippen molar-refractivity contribution in [3.63, 3.8) is 0 Å². The van der Waals surface area contributed by atoms with Crippen LogP contribution >= 0.6 is 0 Å². The molecule has 0 saturated carbocycles. The first kappa shape index (κ1) is 14.3. The summed E-state index contributed by atoms with van der Waals surface area (Å²) in [4.78, 5) is 32.4. The van der Waals surface area contributed by atoms with E-state index >= 15 is 0 Å². The molecule has 19 heavy (non-hydrogen) atoms. The smallest absolute Gasteiger partial charge is 0.335 e. The number of benzene rings is 1. The number of nitrogens with two attached hydrogens (primary N) is 1. The largest absolute Gasteiger partial charge is 0.478 e. The molecule has 0 aliphatic heterocycles. The van der Waals surface area contributed by atoms with Crippen LogP contribution in [0.25, 0.3) is 0 Å². The topological polar surface area (TPSA) is 134 Å². The predicted octanol–water partition coefficient (Wildman–Crippen LogP) is 0.175. The van der Waals surface area contributed by atoms with Gasteiger partial charge >= 0.3 is 18.0 Å². The van der Waals surface area contributed by atoms with Gasteiger partial charge in [-0.25, -0.2) is 14.4 Å². The molecule has 1 rings (SSSR count). The maximum absolute atomic E-state index is 11.4. The molecule has 0 bridgehead atoms. The van der Waals surface area contributed by atoms with Gasteiger partial charge in [0.05, 0.1) is 5.56 Å². The normalized spacial score (nSPS) is 9.47. The third-order valence-electron chi connectivity index (χ3n) is 2.10. The second kappa shape index (κ2) is 6.84. The van der Waals surface area contributed by atoms with Crippen LogP contribution in [0.5, 0.6) is 0 Å². The number of carboxylic acid groups (broad SMARTS) is 1. The van der Waals surface area contributed by atoms with Gasteiger partial charge in [-0.1, -0.05) is 0 Å². The van der Waals surface area contributed by atoms with Gasteiger partial charge in [0.15, 0.2) is 0 Å². The van der Waals surface area contributed by atoms with Crippen LogP contribution in [0.3, 0.4) is 0 Å². The van der Waals surface area contributed by atoms with Crippen LogP contribution in [-0.2, 0) is 0 Å². The molecule has 0 aliphatic rings. The minimum Gasteiger partial charge on any atom is -0.478 e. The number of carbonyl (C=O) groups excluding carboxylic acids is 2. The van der Waals surface area contributed by atoms with E-state index in [9.17, 15) is 14.4 Å². The molecule has 1 aromatic carbocycles. The molecular weight excluding hydrogens is 252 g/mol. The SMILES string of the molecule is NC(=O)NCCNC(=O)Nc1ccc(C(=O)O)cc1. The van der Waals surface area contributed by atoms with E-state index in [1.165, 1.54) is 24.3 Å². The van der Waals surface area contributed by atoms with Gasteiger partial charge < -0.3 is 26.8 Å². The van der Waals surface area contributed by atoms with Gasteiger partial charge in [-0.2, -0.15) is 0 Å². The van der Waals surface area contributed by atoms with E-state index in [4.69, 9.17) is 10.8 Å². The summed E-state index contributed by atoms with van der Waals surface area (Å²) in [5, 5.41) is 16.0. The number of carbonyl (C=O) groups is 3. The van der Waals surface area contributed by atoms with Crippen LogP contribution in [0, 0.1) is 0 Å². The third kappa shape index (κ3) is 5.39. The first-order chi connectivity index (χ1) is 8.99. The van der Waals surface area contributed by atoms with Gasteiger partial charge in [0.1, 0.15) is 0 Å². The molecule has 0 aliphatic carbocycles. The number of anilines is 1. The molecule has 0 unspecified atom stereocenters. The molecule has 0 fully saturated rings. The Bertz CT molecular complexity index is 472. The minimum absolute atomic E-state index is 0.136. The zero-order chi connectivity index (χ0) is 14.3. The highest BCUT2D eigenvalue weighted by molar-refractivity contribution is 5.91. The van der Waals surface area contributed by atoms with Crippen molar-refractivity contribution >= 4 is 23.7 Å². The number of aromatic carboxylic acids is 1. The fourth-order valence-electron chi connectivity index (χ4n) is 1.23. The Kier molecular flexibility index (Phi) is 5.15. The number of primary amides is 1. The van der Waals surface area contributed by atoms with E-state index in [1.807, 2.05) is 0 Å². The number of hydrogen-bond acceptors (Lipinski definition) is 3. The highest BCUT2D eigenvalue weighted by Gasteiger charge is 2.04. The predicted molar refractivity (Wildman–Crippen MR) is 68.0 cm³/mol. The van der Waals surface area contributed by atoms with Crippen molar-refractivity contribution in [2.75, 3.05) is 18.4 Å². The Morgan fingerprint density at radius 1 is 1.05 bits per heavy atom. The first-order valence-electron chi connectivity index (χ1n) is 5.40. The molecule has 6 N–H and O–H groups in total. The molecular formula is C11H14N4O4. The van der Waals surface area contributed by atoms with Crippen molar-refractivity contribution in [1.29, 1.82) is 0 Å². The molecule has 0 heterocycles. The highest BCUT2D eigenvalue weighted by Crippen LogP contribution is 2.09. The molecule has 8 nitrogen and oxygen atoms in total. The standard InChI is InChI=1S/C11H14N4O4/c12-10(18)13-5-6-14-11(19)15-8-3-1-7(2-4-8)9(16)17/h1-4H,5-6H2,(H,16,17)(H3,12,13,18)(H2,14,15,19). The molecule has 0 saturated heterocycles. The van der Waals surface area contributed by atoms with Crippen molar-refractivity contribution < 1.29 is 19.5 Å². The molecule has 0 aromatic heterocycles. The summed E-state index contributed by atoms with van der Waals surface area (Å²) in [7, 11) is 0. The number of amides is 4. The van der Waals surface area contributed by atoms with Crippen LogP contribution in [0.1, 0.15) is 10.4 Å². The summed E-state index contributed by atoms with van der Waals surface area (Å²) in [5.74, 6) is -1.03. The Hall–Kier alpha value is -2.77. The van der Waals surface area contributed by atoms with Crippen LogP contribution in [0.4, 0.5) is 15.3 Å². The molecule has 0 radical (unpaired) electrons. The minimum atomic E-state index is -1.03. The summed E-state index contributed by atoms with van der Waals surface area (Å²) in [6.45, 7) is 0.447. The lowest BCUT2D eigenvalue weighted by molar-refractivity contribution is 0.0697. The summed E-state index contributed by atoms with van der Waals surface area (Å²) in [5.41, 5.74) is 5.44. The van der Waals surface area contributed by atoms with Gasteiger partial charge in [-0.05, 0) is 24.3 Å². The Balaban J connectivity index is 2.35. The maximum atomic E-state index is 11.4. The average Bonchev–Trinajstić information content (AvgIpc) is 2.35. The monoisotopic (exact) mass is 266 g/mol. The Morgan fingerprint density at radius 3 is 2.16 bits per heavy atom. The van der Waals surface area contributed by atoms with E-state index < -0.39 is 18.0 Å². The van der Waals surface area contributed by atoms with Crippen molar-refractivity contribution in [2.45, 2.75) is 0 Å². The Morgan fingerprint density at radius 2 is 1.63 bits per heavy atom. The van der Waals surface area contributed by atoms with E-state index in [2.05, 4.69) is 16.0 Å². The summed E-state index contributed by atoms with van der Waals surface area (Å²) in [6, 6.07) is 4.59. The Labute approximate surface area is 109 Å². The van der Waals surface area contributed by atoms with Gasteiger partial charge in [0.2, 0.25) is 0 Å². The van der Waals surface area contributed by atoms with Crippen molar-refractivity contribution in [1.82, 2.24) is 10.6 Å². The lowest BCUT2D eigenvalue weighted by Crippen LogP contribution is -2.38. The number of hydrogen-bond donors (Lipinski definition) is 5. The van der Waals surface area contributed by atoms with Gasteiger partial charge in [0.25, 0.3) is 0 Å². The quantitative estimate of drug-likeness (QED) is 0.486. The second-order valence-corrected chi connectivity index (χ2v) is 3.55. The number of urea groups is 2. The fourth-order valence-corrected chi connectivity index (χ4v) is 1.23. The molecule has 4 amide bonds. The van der Waals surface area contributed by atoms with Crippen molar-refractivity contribution in [2.24, 2.45) is 5.73 Å².